The molecule has 1 aromatic carbocycles. The van der Waals surface area contributed by atoms with Crippen molar-refractivity contribution in [2.24, 2.45) is 10.9 Å². The van der Waals surface area contributed by atoms with Crippen LogP contribution in [0.3, 0.4) is 0 Å². The molecule has 2 N–H and O–H groups in total. The minimum atomic E-state index is 0.230. The molecule has 160 valence electrons. The Labute approximate surface area is 175 Å². The van der Waals surface area contributed by atoms with Crippen LogP contribution < -0.4 is 15.5 Å². The molecule has 0 saturated carbocycles. The normalized spacial score (nSPS) is 21.1. The van der Waals surface area contributed by atoms with Gasteiger partial charge in [0.05, 0.1) is 6.54 Å². The average Bonchev–Trinajstić information content (AvgIpc) is 3.16. The maximum Gasteiger partial charge on any atom is 0.227 e. The summed E-state index contributed by atoms with van der Waals surface area (Å²) in [7, 11) is 0. The molecule has 3 rings (SSSR count). The number of amides is 1. The summed E-state index contributed by atoms with van der Waals surface area (Å²) in [6.45, 7) is 12.3. The van der Waals surface area contributed by atoms with E-state index in [4.69, 9.17) is 4.99 Å². The molecule has 6 nitrogen and oxygen atoms in total. The third kappa shape index (κ3) is 6.20. The van der Waals surface area contributed by atoms with E-state index < -0.39 is 0 Å². The first-order valence-corrected chi connectivity index (χ1v) is 11.2. The van der Waals surface area contributed by atoms with Gasteiger partial charge in [-0.05, 0) is 70.2 Å². The third-order valence-electron chi connectivity index (χ3n) is 5.92. The molecule has 29 heavy (non-hydrogen) atoms. The molecule has 2 fully saturated rings. The number of piperidine rings is 1. The summed E-state index contributed by atoms with van der Waals surface area (Å²) in [5, 5.41) is 6.90. The first kappa shape index (κ1) is 21.6. The van der Waals surface area contributed by atoms with Crippen LogP contribution in [0.2, 0.25) is 0 Å². The van der Waals surface area contributed by atoms with Gasteiger partial charge in [-0.25, -0.2) is 4.99 Å². The van der Waals surface area contributed by atoms with E-state index in [1.54, 1.807) is 0 Å². The zero-order valence-electron chi connectivity index (χ0n) is 18.3. The lowest BCUT2D eigenvalue weighted by Gasteiger charge is -2.35. The van der Waals surface area contributed by atoms with Crippen molar-refractivity contribution in [1.82, 2.24) is 15.5 Å². The zero-order valence-corrected chi connectivity index (χ0v) is 18.3. The lowest BCUT2D eigenvalue weighted by atomic mass is 9.97. The van der Waals surface area contributed by atoms with E-state index in [1.807, 2.05) is 17.0 Å². The predicted molar refractivity (Wildman–Crippen MR) is 120 cm³/mol. The van der Waals surface area contributed by atoms with E-state index in [9.17, 15) is 4.79 Å². The maximum atomic E-state index is 11.9. The Morgan fingerprint density at radius 3 is 2.62 bits per heavy atom. The van der Waals surface area contributed by atoms with E-state index in [0.717, 1.165) is 43.3 Å². The second kappa shape index (κ2) is 10.6. The van der Waals surface area contributed by atoms with Crippen LogP contribution in [-0.4, -0.2) is 55.5 Å². The van der Waals surface area contributed by atoms with Gasteiger partial charge in [0.1, 0.15) is 0 Å². The molecular weight excluding hydrogens is 362 g/mol. The van der Waals surface area contributed by atoms with Gasteiger partial charge in [0, 0.05) is 44.3 Å². The Kier molecular flexibility index (Phi) is 7.92. The van der Waals surface area contributed by atoms with E-state index in [1.165, 1.54) is 25.9 Å². The van der Waals surface area contributed by atoms with Gasteiger partial charge < -0.3 is 20.4 Å². The van der Waals surface area contributed by atoms with Gasteiger partial charge in [-0.3, -0.25) is 4.79 Å². The van der Waals surface area contributed by atoms with E-state index in [2.05, 4.69) is 48.4 Å². The fraction of sp³-hybridized carbons (Fsp3) is 0.652. The van der Waals surface area contributed by atoms with Crippen LogP contribution in [-0.2, 0) is 11.3 Å². The highest BCUT2D eigenvalue weighted by Gasteiger charge is 2.22. The molecule has 0 aliphatic carbocycles. The lowest BCUT2D eigenvalue weighted by Crippen LogP contribution is -2.46. The molecule has 0 aromatic heterocycles. The van der Waals surface area contributed by atoms with Crippen molar-refractivity contribution in [2.45, 2.75) is 59.0 Å². The molecule has 6 heteroatoms. The Balaban J connectivity index is 1.52. The van der Waals surface area contributed by atoms with Crippen LogP contribution in [0.4, 0.5) is 5.69 Å². The molecule has 0 spiro atoms. The number of hydrogen-bond acceptors (Lipinski definition) is 3. The van der Waals surface area contributed by atoms with Crippen LogP contribution >= 0.6 is 0 Å². The summed E-state index contributed by atoms with van der Waals surface area (Å²) in [4.78, 5) is 21.1. The fourth-order valence-electron chi connectivity index (χ4n) is 4.19. The Bertz CT molecular complexity index is 685. The molecule has 2 heterocycles. The molecular formula is C23H37N5O. The van der Waals surface area contributed by atoms with Crippen LogP contribution in [0.5, 0.6) is 0 Å². The third-order valence-corrected chi connectivity index (χ3v) is 5.92. The highest BCUT2D eigenvalue weighted by atomic mass is 16.2. The number of likely N-dealkylation sites (tertiary alicyclic amines) is 1. The first-order valence-electron chi connectivity index (χ1n) is 11.2. The summed E-state index contributed by atoms with van der Waals surface area (Å²) < 4.78 is 0. The van der Waals surface area contributed by atoms with Crippen LogP contribution in [0, 0.1) is 5.92 Å². The van der Waals surface area contributed by atoms with Gasteiger partial charge >= 0.3 is 0 Å². The minimum Gasteiger partial charge on any atom is -0.357 e. The standard InChI is InChI=1S/C23H37N5O/c1-4-24-23(26-16-20-7-5-13-27(17-20)18(2)3)25-15-19-9-11-21(12-10-19)28-14-6-8-22(28)29/h9-12,18,20H,4-8,13-17H2,1-3H3,(H2,24,25,26). The molecule has 1 unspecified atom stereocenters. The van der Waals surface area contributed by atoms with Crippen molar-refractivity contribution in [2.75, 3.05) is 37.6 Å². The number of benzene rings is 1. The smallest absolute Gasteiger partial charge is 0.227 e. The van der Waals surface area contributed by atoms with E-state index >= 15 is 0 Å². The molecule has 1 amide bonds. The number of carbonyl (C=O) groups excluding carboxylic acids is 1. The van der Waals surface area contributed by atoms with Gasteiger partial charge in [-0.2, -0.15) is 0 Å². The summed E-state index contributed by atoms with van der Waals surface area (Å²) in [5.74, 6) is 1.79. The number of guanidine groups is 1. The number of carbonyl (C=O) groups is 1. The molecule has 1 aromatic rings. The number of nitrogens with zero attached hydrogens (tertiary/aromatic N) is 3. The van der Waals surface area contributed by atoms with Crippen molar-refractivity contribution in [3.05, 3.63) is 29.8 Å². The predicted octanol–water partition coefficient (Wildman–Crippen LogP) is 2.99. The monoisotopic (exact) mass is 399 g/mol. The molecule has 0 bridgehead atoms. The summed E-state index contributed by atoms with van der Waals surface area (Å²) in [6.07, 6.45) is 4.19. The van der Waals surface area contributed by atoms with Gasteiger partial charge in [-0.1, -0.05) is 12.1 Å². The summed E-state index contributed by atoms with van der Waals surface area (Å²) in [5.41, 5.74) is 2.15. The zero-order chi connectivity index (χ0) is 20.6. The highest BCUT2D eigenvalue weighted by molar-refractivity contribution is 5.95. The summed E-state index contributed by atoms with van der Waals surface area (Å²) >= 11 is 0. The van der Waals surface area contributed by atoms with Crippen molar-refractivity contribution >= 4 is 17.6 Å². The first-order chi connectivity index (χ1) is 14.1. The second-order valence-corrected chi connectivity index (χ2v) is 8.49. The number of anilines is 1. The van der Waals surface area contributed by atoms with E-state index in [-0.39, 0.29) is 5.91 Å². The molecule has 2 aliphatic heterocycles. The average molecular weight is 400 g/mol. The molecule has 1 atom stereocenters. The molecule has 0 radical (unpaired) electrons. The van der Waals surface area contributed by atoms with Crippen molar-refractivity contribution in [1.29, 1.82) is 0 Å². The van der Waals surface area contributed by atoms with E-state index in [0.29, 0.717) is 24.9 Å². The number of hydrogen-bond donors (Lipinski definition) is 2. The molecule has 2 aliphatic rings. The SMILES string of the molecule is CCNC(=NCc1ccc(N2CCCC2=O)cc1)NCC1CCCN(C(C)C)C1. The summed E-state index contributed by atoms with van der Waals surface area (Å²) in [6, 6.07) is 8.86. The van der Waals surface area contributed by atoms with Crippen molar-refractivity contribution in [3.63, 3.8) is 0 Å². The van der Waals surface area contributed by atoms with Gasteiger partial charge in [0.15, 0.2) is 5.96 Å². The minimum absolute atomic E-state index is 0.230. The van der Waals surface area contributed by atoms with Crippen LogP contribution in [0.15, 0.2) is 29.3 Å². The largest absolute Gasteiger partial charge is 0.357 e. The highest BCUT2D eigenvalue weighted by Crippen LogP contribution is 2.22. The van der Waals surface area contributed by atoms with Crippen LogP contribution in [0.25, 0.3) is 0 Å². The Hall–Kier alpha value is -2.08. The number of nitrogens with one attached hydrogen (secondary N) is 2. The topological polar surface area (TPSA) is 60.0 Å². The number of rotatable bonds is 7. The van der Waals surface area contributed by atoms with Gasteiger partial charge in [-0.15, -0.1) is 0 Å². The fourth-order valence-corrected chi connectivity index (χ4v) is 4.19. The lowest BCUT2D eigenvalue weighted by molar-refractivity contribution is -0.117. The van der Waals surface area contributed by atoms with Gasteiger partial charge in [0.25, 0.3) is 0 Å². The maximum absolute atomic E-state index is 11.9. The Morgan fingerprint density at radius 1 is 1.17 bits per heavy atom. The molecule has 2 saturated heterocycles. The van der Waals surface area contributed by atoms with Gasteiger partial charge in [0.2, 0.25) is 5.91 Å². The quantitative estimate of drug-likeness (QED) is 0.547. The second-order valence-electron chi connectivity index (χ2n) is 8.49. The van der Waals surface area contributed by atoms with Crippen molar-refractivity contribution in [3.8, 4) is 0 Å². The van der Waals surface area contributed by atoms with Crippen molar-refractivity contribution < 1.29 is 4.79 Å². The number of aliphatic imine (C=N–C) groups is 1. The van der Waals surface area contributed by atoms with Crippen LogP contribution in [0.1, 0.15) is 52.0 Å². The Morgan fingerprint density at radius 2 is 1.97 bits per heavy atom.